The van der Waals surface area contributed by atoms with Crippen LogP contribution in [0.5, 0.6) is 0 Å². The van der Waals surface area contributed by atoms with Gasteiger partial charge >= 0.3 is 5.97 Å². The maximum Gasteiger partial charge on any atom is 0.335 e. The summed E-state index contributed by atoms with van der Waals surface area (Å²) >= 11 is 0. The quantitative estimate of drug-likeness (QED) is 0.237. The Labute approximate surface area is 164 Å². The molecule has 0 saturated carbocycles. The molecule has 1 aliphatic rings. The largest absolute Gasteiger partial charge is 0.478 e. The van der Waals surface area contributed by atoms with Crippen molar-refractivity contribution in [3.05, 3.63) is 59.2 Å². The maximum absolute atomic E-state index is 11.2. The van der Waals surface area contributed by atoms with Crippen LogP contribution in [0.4, 0.5) is 0 Å². The number of benzene rings is 1. The maximum atomic E-state index is 11.2. The molecule has 2 unspecified atom stereocenters. The second kappa shape index (κ2) is 11.8. The van der Waals surface area contributed by atoms with E-state index in [0.29, 0.717) is 5.56 Å². The summed E-state index contributed by atoms with van der Waals surface area (Å²) in [6, 6.07) is 5.39. The number of aromatic carboxylic acids is 1. The molecule has 1 aromatic rings. The van der Waals surface area contributed by atoms with E-state index in [0.717, 1.165) is 17.5 Å². The molecule has 0 spiro atoms. The Bertz CT molecular complexity index is 645. The Morgan fingerprint density at radius 2 is 1.78 bits per heavy atom. The lowest BCUT2D eigenvalue weighted by Gasteiger charge is -2.05. The van der Waals surface area contributed by atoms with Crippen molar-refractivity contribution in [2.45, 2.75) is 83.8 Å². The van der Waals surface area contributed by atoms with Gasteiger partial charge in [-0.05, 0) is 37.0 Å². The number of hydrogen-bond acceptors (Lipinski definition) is 2. The number of rotatable bonds is 13. The Morgan fingerprint density at radius 3 is 2.48 bits per heavy atom. The number of carboxylic acid groups (broad SMARTS) is 1. The normalized spacial score (nSPS) is 19.2. The molecule has 0 radical (unpaired) electrons. The third-order valence-electron chi connectivity index (χ3n) is 5.21. The first kappa shape index (κ1) is 21.4. The number of carboxylic acids is 1. The van der Waals surface area contributed by atoms with Crippen LogP contribution < -0.4 is 0 Å². The van der Waals surface area contributed by atoms with Gasteiger partial charge in [-0.15, -0.1) is 0 Å². The first-order valence-corrected chi connectivity index (χ1v) is 10.5. The van der Waals surface area contributed by atoms with Crippen LogP contribution in [0.25, 0.3) is 0 Å². The smallest absolute Gasteiger partial charge is 0.335 e. The molecule has 0 aliphatic carbocycles. The highest BCUT2D eigenvalue weighted by atomic mass is 16.6. The summed E-state index contributed by atoms with van der Waals surface area (Å²) in [5, 5.41) is 9.22. The van der Waals surface area contributed by atoms with E-state index in [9.17, 15) is 9.90 Å². The Hall–Kier alpha value is -1.87. The molecule has 1 aliphatic heterocycles. The first-order valence-electron chi connectivity index (χ1n) is 10.5. The van der Waals surface area contributed by atoms with E-state index < -0.39 is 5.97 Å². The zero-order chi connectivity index (χ0) is 19.5. The monoisotopic (exact) mass is 370 g/mol. The van der Waals surface area contributed by atoms with Crippen molar-refractivity contribution in [2.75, 3.05) is 0 Å². The van der Waals surface area contributed by atoms with Gasteiger partial charge in [-0.25, -0.2) is 4.79 Å². The van der Waals surface area contributed by atoms with Crippen LogP contribution in [-0.2, 0) is 4.74 Å². The van der Waals surface area contributed by atoms with E-state index in [1.54, 1.807) is 12.1 Å². The molecule has 1 aromatic carbocycles. The zero-order valence-corrected chi connectivity index (χ0v) is 16.8. The van der Waals surface area contributed by atoms with Crippen LogP contribution in [-0.4, -0.2) is 17.2 Å². The molecule has 0 amide bonds. The number of allylic oxidation sites excluding steroid dienone is 3. The van der Waals surface area contributed by atoms with Crippen LogP contribution in [0.15, 0.2) is 42.5 Å². The highest BCUT2D eigenvalue weighted by Gasteiger charge is 2.39. The molecule has 1 N–H and O–H groups in total. The highest BCUT2D eigenvalue weighted by molar-refractivity contribution is 5.89. The second-order valence-electron chi connectivity index (χ2n) is 7.42. The van der Waals surface area contributed by atoms with Crippen LogP contribution in [0.3, 0.4) is 0 Å². The van der Waals surface area contributed by atoms with E-state index >= 15 is 0 Å². The third-order valence-corrected chi connectivity index (χ3v) is 5.21. The van der Waals surface area contributed by atoms with Gasteiger partial charge in [0.15, 0.2) is 0 Å². The summed E-state index contributed by atoms with van der Waals surface area (Å²) in [7, 11) is 0. The minimum Gasteiger partial charge on any atom is -0.478 e. The number of unbranched alkanes of at least 4 members (excludes halogenated alkanes) is 8. The SMILES string of the molecule is CCCCCCCCCC/C=C/C=C/C1OC1c1cccc(C(=O)O)c1C. The van der Waals surface area contributed by atoms with Gasteiger partial charge in [0.2, 0.25) is 0 Å². The van der Waals surface area contributed by atoms with E-state index in [2.05, 4.69) is 25.2 Å². The van der Waals surface area contributed by atoms with Crippen molar-refractivity contribution in [3.8, 4) is 0 Å². The van der Waals surface area contributed by atoms with Crippen molar-refractivity contribution in [1.82, 2.24) is 0 Å². The van der Waals surface area contributed by atoms with Gasteiger partial charge in [0, 0.05) is 0 Å². The fourth-order valence-corrected chi connectivity index (χ4v) is 3.46. The van der Waals surface area contributed by atoms with Crippen molar-refractivity contribution in [3.63, 3.8) is 0 Å². The van der Waals surface area contributed by atoms with Crippen molar-refractivity contribution >= 4 is 5.97 Å². The van der Waals surface area contributed by atoms with Crippen LogP contribution in [0.1, 0.15) is 92.3 Å². The fraction of sp³-hybridized carbons (Fsp3) is 0.542. The molecule has 148 valence electrons. The molecular formula is C24H34O3. The lowest BCUT2D eigenvalue weighted by molar-refractivity contribution is 0.0696. The minimum absolute atomic E-state index is 0.0124. The van der Waals surface area contributed by atoms with Crippen molar-refractivity contribution in [1.29, 1.82) is 0 Å². The third kappa shape index (κ3) is 7.34. The molecule has 27 heavy (non-hydrogen) atoms. The standard InChI is InChI=1S/C24H34O3/c1-3-4-5-6-7-8-9-10-11-12-13-14-18-22-23(27-22)20-16-15-17-21(19(20)2)24(25)26/h12-18,22-23H,3-11H2,1-2H3,(H,25,26)/b13-12+,18-14+. The Kier molecular flexibility index (Phi) is 9.34. The summed E-state index contributed by atoms with van der Waals surface area (Å²) in [6.45, 7) is 4.11. The molecule has 0 aromatic heterocycles. The Balaban J connectivity index is 1.61. The molecule has 2 atom stereocenters. The minimum atomic E-state index is -0.883. The molecule has 3 heteroatoms. The second-order valence-corrected chi connectivity index (χ2v) is 7.42. The van der Waals surface area contributed by atoms with Gasteiger partial charge in [-0.1, -0.05) is 88.3 Å². The average molecular weight is 371 g/mol. The number of ether oxygens (including phenoxy) is 1. The summed E-state index contributed by atoms with van der Waals surface area (Å²) in [5.74, 6) is -0.883. The van der Waals surface area contributed by atoms with Crippen LogP contribution in [0.2, 0.25) is 0 Å². The summed E-state index contributed by atoms with van der Waals surface area (Å²) < 4.78 is 5.70. The zero-order valence-electron chi connectivity index (χ0n) is 16.8. The number of carbonyl (C=O) groups is 1. The molecule has 2 rings (SSSR count). The molecular weight excluding hydrogens is 336 g/mol. The summed E-state index contributed by atoms with van der Waals surface area (Å²) in [5.41, 5.74) is 2.14. The Morgan fingerprint density at radius 1 is 1.07 bits per heavy atom. The average Bonchev–Trinajstić information content (AvgIpc) is 3.42. The topological polar surface area (TPSA) is 49.8 Å². The summed E-state index contributed by atoms with van der Waals surface area (Å²) in [6.07, 6.45) is 20.4. The van der Waals surface area contributed by atoms with E-state index in [4.69, 9.17) is 4.74 Å². The summed E-state index contributed by atoms with van der Waals surface area (Å²) in [4.78, 5) is 11.2. The van der Waals surface area contributed by atoms with Gasteiger partial charge in [-0.2, -0.15) is 0 Å². The molecule has 1 heterocycles. The predicted octanol–water partition coefficient (Wildman–Crippen LogP) is 6.78. The van der Waals surface area contributed by atoms with Crippen molar-refractivity contribution in [2.24, 2.45) is 0 Å². The van der Waals surface area contributed by atoms with E-state index in [-0.39, 0.29) is 12.2 Å². The molecule has 3 nitrogen and oxygen atoms in total. The van der Waals surface area contributed by atoms with Gasteiger partial charge in [0.1, 0.15) is 12.2 Å². The van der Waals surface area contributed by atoms with Gasteiger partial charge in [0.25, 0.3) is 0 Å². The van der Waals surface area contributed by atoms with E-state index in [1.807, 2.05) is 19.1 Å². The van der Waals surface area contributed by atoms with Crippen LogP contribution >= 0.6 is 0 Å². The van der Waals surface area contributed by atoms with Crippen LogP contribution in [0, 0.1) is 6.92 Å². The van der Waals surface area contributed by atoms with Gasteiger partial charge < -0.3 is 9.84 Å². The lowest BCUT2D eigenvalue weighted by Crippen LogP contribution is -2.02. The molecule has 0 bridgehead atoms. The molecule has 1 saturated heterocycles. The lowest BCUT2D eigenvalue weighted by atomic mass is 9.98. The number of hydrogen-bond donors (Lipinski definition) is 1. The fourth-order valence-electron chi connectivity index (χ4n) is 3.46. The number of epoxide rings is 1. The van der Waals surface area contributed by atoms with Gasteiger partial charge in [-0.3, -0.25) is 0 Å². The predicted molar refractivity (Wildman–Crippen MR) is 111 cm³/mol. The van der Waals surface area contributed by atoms with Gasteiger partial charge in [0.05, 0.1) is 5.56 Å². The first-order chi connectivity index (χ1) is 13.1. The molecule has 1 fully saturated rings. The highest BCUT2D eigenvalue weighted by Crippen LogP contribution is 2.41. The van der Waals surface area contributed by atoms with Crippen molar-refractivity contribution < 1.29 is 14.6 Å². The van der Waals surface area contributed by atoms with E-state index in [1.165, 1.54) is 51.4 Å².